The fourth-order valence-corrected chi connectivity index (χ4v) is 1.62. The maximum Gasteiger partial charge on any atom is 0.573 e. The molecule has 0 saturated heterocycles. The van der Waals surface area contributed by atoms with Crippen molar-refractivity contribution in [2.24, 2.45) is 0 Å². The van der Waals surface area contributed by atoms with E-state index in [1.54, 1.807) is 6.07 Å². The largest absolute Gasteiger partial charge is 0.573 e. The summed E-state index contributed by atoms with van der Waals surface area (Å²) in [4.78, 5) is 0. The first kappa shape index (κ1) is 15.0. The molecular weight excluding hydrogens is 290 g/mol. The lowest BCUT2D eigenvalue weighted by atomic mass is 10.2. The minimum absolute atomic E-state index is 0.104. The van der Waals surface area contributed by atoms with Crippen molar-refractivity contribution in [3.63, 3.8) is 0 Å². The molecule has 0 unspecified atom stereocenters. The van der Waals surface area contributed by atoms with Crippen LogP contribution in [0.25, 0.3) is 0 Å². The maximum absolute atomic E-state index is 13.0. The third kappa shape index (κ3) is 4.27. The van der Waals surface area contributed by atoms with Crippen LogP contribution in [0.1, 0.15) is 5.56 Å². The molecule has 0 spiro atoms. The van der Waals surface area contributed by atoms with Gasteiger partial charge in [-0.1, -0.05) is 18.2 Å². The SMILES string of the molecule is Nc1cc(OCc2ccccc2OC(F)(F)F)ccc1F. The molecule has 0 aliphatic carbocycles. The summed E-state index contributed by atoms with van der Waals surface area (Å²) in [6.45, 7) is -0.169. The molecule has 0 amide bonds. The summed E-state index contributed by atoms with van der Waals surface area (Å²) in [5, 5.41) is 0. The molecule has 2 N–H and O–H groups in total. The Kier molecular flexibility index (Phi) is 4.21. The second kappa shape index (κ2) is 5.90. The third-order valence-electron chi connectivity index (χ3n) is 2.56. The summed E-state index contributed by atoms with van der Waals surface area (Å²) < 4.78 is 59.0. The normalized spacial score (nSPS) is 11.2. The van der Waals surface area contributed by atoms with Crippen LogP contribution in [-0.4, -0.2) is 6.36 Å². The van der Waals surface area contributed by atoms with Crippen molar-refractivity contribution >= 4 is 5.69 Å². The number of rotatable bonds is 4. The van der Waals surface area contributed by atoms with E-state index in [9.17, 15) is 17.6 Å². The number of ether oxygens (including phenoxy) is 2. The highest BCUT2D eigenvalue weighted by Gasteiger charge is 2.32. The van der Waals surface area contributed by atoms with E-state index in [0.29, 0.717) is 0 Å². The van der Waals surface area contributed by atoms with Gasteiger partial charge in [0.2, 0.25) is 0 Å². The average Bonchev–Trinajstić information content (AvgIpc) is 2.40. The van der Waals surface area contributed by atoms with Crippen LogP contribution in [0.5, 0.6) is 11.5 Å². The number of alkyl halides is 3. The van der Waals surface area contributed by atoms with Crippen molar-refractivity contribution in [1.29, 1.82) is 0 Å². The van der Waals surface area contributed by atoms with Crippen LogP contribution in [0.4, 0.5) is 23.2 Å². The van der Waals surface area contributed by atoms with Gasteiger partial charge in [-0.2, -0.15) is 0 Å². The van der Waals surface area contributed by atoms with Gasteiger partial charge >= 0.3 is 6.36 Å². The molecule has 0 bridgehead atoms. The first-order chi connectivity index (χ1) is 9.85. The first-order valence-corrected chi connectivity index (χ1v) is 5.86. The smallest absolute Gasteiger partial charge is 0.489 e. The summed E-state index contributed by atoms with van der Waals surface area (Å²) >= 11 is 0. The van der Waals surface area contributed by atoms with E-state index in [1.165, 1.54) is 30.3 Å². The molecule has 7 heteroatoms. The second-order valence-corrected chi connectivity index (χ2v) is 4.13. The predicted molar refractivity (Wildman–Crippen MR) is 68.3 cm³/mol. The van der Waals surface area contributed by atoms with E-state index in [0.717, 1.165) is 6.07 Å². The van der Waals surface area contributed by atoms with Crippen LogP contribution >= 0.6 is 0 Å². The summed E-state index contributed by atoms with van der Waals surface area (Å²) in [5.74, 6) is -0.695. The fourth-order valence-electron chi connectivity index (χ4n) is 1.62. The van der Waals surface area contributed by atoms with Crippen molar-refractivity contribution in [1.82, 2.24) is 0 Å². The van der Waals surface area contributed by atoms with Gasteiger partial charge in [0.1, 0.15) is 23.9 Å². The molecule has 0 saturated carbocycles. The Balaban J connectivity index is 2.11. The fraction of sp³-hybridized carbons (Fsp3) is 0.143. The van der Waals surface area contributed by atoms with Crippen molar-refractivity contribution in [3.05, 3.63) is 53.8 Å². The van der Waals surface area contributed by atoms with E-state index in [2.05, 4.69) is 4.74 Å². The molecule has 0 aliphatic rings. The van der Waals surface area contributed by atoms with Gasteiger partial charge in [-0.3, -0.25) is 0 Å². The Hall–Kier alpha value is -2.44. The highest BCUT2D eigenvalue weighted by Crippen LogP contribution is 2.27. The molecule has 0 atom stereocenters. The Morgan fingerprint density at radius 3 is 2.43 bits per heavy atom. The number of anilines is 1. The van der Waals surface area contributed by atoms with Gasteiger partial charge in [0.15, 0.2) is 0 Å². The molecule has 0 radical (unpaired) electrons. The zero-order valence-corrected chi connectivity index (χ0v) is 10.7. The molecule has 21 heavy (non-hydrogen) atoms. The minimum Gasteiger partial charge on any atom is -0.489 e. The number of hydrogen-bond donors (Lipinski definition) is 1. The average molecular weight is 301 g/mol. The highest BCUT2D eigenvalue weighted by molar-refractivity contribution is 5.45. The molecule has 2 aromatic rings. The van der Waals surface area contributed by atoms with Crippen molar-refractivity contribution < 1.29 is 27.0 Å². The van der Waals surface area contributed by atoms with Crippen LogP contribution in [0, 0.1) is 5.82 Å². The zero-order chi connectivity index (χ0) is 15.5. The van der Waals surface area contributed by atoms with Crippen LogP contribution in [-0.2, 0) is 6.61 Å². The molecule has 0 aromatic heterocycles. The van der Waals surface area contributed by atoms with E-state index >= 15 is 0 Å². The number of nitrogens with two attached hydrogens (primary N) is 1. The van der Waals surface area contributed by atoms with Crippen molar-refractivity contribution in [3.8, 4) is 11.5 Å². The van der Waals surface area contributed by atoms with Gasteiger partial charge in [-0.05, 0) is 18.2 Å². The van der Waals surface area contributed by atoms with Gasteiger partial charge in [0.05, 0.1) is 5.69 Å². The molecule has 2 aromatic carbocycles. The van der Waals surface area contributed by atoms with Gasteiger partial charge in [0, 0.05) is 11.6 Å². The first-order valence-electron chi connectivity index (χ1n) is 5.86. The molecule has 0 aliphatic heterocycles. The minimum atomic E-state index is -4.78. The van der Waals surface area contributed by atoms with E-state index in [1.807, 2.05) is 0 Å². The molecule has 112 valence electrons. The van der Waals surface area contributed by atoms with E-state index in [-0.39, 0.29) is 29.4 Å². The van der Waals surface area contributed by atoms with Crippen molar-refractivity contribution in [2.45, 2.75) is 13.0 Å². The summed E-state index contributed by atoms with van der Waals surface area (Å²) in [7, 11) is 0. The van der Waals surface area contributed by atoms with Crippen LogP contribution in [0.3, 0.4) is 0 Å². The summed E-state index contributed by atoms with van der Waals surface area (Å²) in [6, 6.07) is 9.30. The number of hydrogen-bond acceptors (Lipinski definition) is 3. The monoisotopic (exact) mass is 301 g/mol. The predicted octanol–water partition coefficient (Wildman–Crippen LogP) is 3.89. The van der Waals surface area contributed by atoms with Gasteiger partial charge in [-0.25, -0.2) is 4.39 Å². The number of nitrogen functional groups attached to an aromatic ring is 1. The van der Waals surface area contributed by atoms with Crippen LogP contribution < -0.4 is 15.2 Å². The molecule has 0 heterocycles. The van der Waals surface area contributed by atoms with E-state index in [4.69, 9.17) is 10.5 Å². The standard InChI is InChI=1S/C14H11F4NO2/c15-11-6-5-10(7-12(11)19)20-8-9-3-1-2-4-13(9)21-14(16,17)18/h1-7H,8,19H2. The van der Waals surface area contributed by atoms with Crippen LogP contribution in [0.15, 0.2) is 42.5 Å². The highest BCUT2D eigenvalue weighted by atomic mass is 19.4. The van der Waals surface area contributed by atoms with Crippen molar-refractivity contribution in [2.75, 3.05) is 5.73 Å². The lowest BCUT2D eigenvalue weighted by molar-refractivity contribution is -0.275. The van der Waals surface area contributed by atoms with E-state index < -0.39 is 12.2 Å². The van der Waals surface area contributed by atoms with Gasteiger partial charge < -0.3 is 15.2 Å². The van der Waals surface area contributed by atoms with Crippen LogP contribution in [0.2, 0.25) is 0 Å². The lowest BCUT2D eigenvalue weighted by Gasteiger charge is -2.14. The molecule has 3 nitrogen and oxygen atoms in total. The topological polar surface area (TPSA) is 44.5 Å². The summed E-state index contributed by atoms with van der Waals surface area (Å²) in [6.07, 6.45) is -4.78. The second-order valence-electron chi connectivity index (χ2n) is 4.13. The van der Waals surface area contributed by atoms with Gasteiger partial charge in [-0.15, -0.1) is 13.2 Å². The Morgan fingerprint density at radius 2 is 1.76 bits per heavy atom. The third-order valence-corrected chi connectivity index (χ3v) is 2.56. The number of halogens is 4. The number of para-hydroxylation sites is 1. The molecule has 0 fully saturated rings. The van der Waals surface area contributed by atoms with Gasteiger partial charge in [0.25, 0.3) is 0 Å². The Bertz CT molecular complexity index is 629. The lowest BCUT2D eigenvalue weighted by Crippen LogP contribution is -2.18. The summed E-state index contributed by atoms with van der Waals surface area (Å²) in [5.41, 5.74) is 5.48. The Morgan fingerprint density at radius 1 is 1.05 bits per heavy atom. The number of benzene rings is 2. The molecular formula is C14H11F4NO2. The quantitative estimate of drug-likeness (QED) is 0.688. The Labute approximate surface area is 117 Å². The zero-order valence-electron chi connectivity index (χ0n) is 10.7. The molecule has 2 rings (SSSR count). The maximum atomic E-state index is 13.0.